The summed E-state index contributed by atoms with van der Waals surface area (Å²) in [6.07, 6.45) is 2.11. The molecule has 438 valence electrons. The fourth-order valence-electron chi connectivity index (χ4n) is 10.3. The van der Waals surface area contributed by atoms with Crippen molar-refractivity contribution < 1.29 is 63.0 Å². The monoisotopic (exact) mass is 1130 g/mol. The Labute approximate surface area is 481 Å². The molecule has 0 aromatic heterocycles. The number of hydrogen-bond acceptors (Lipinski definition) is 15. The minimum atomic E-state index is -1.83. The van der Waals surface area contributed by atoms with Crippen LogP contribution in [0.2, 0.25) is 0 Å². The summed E-state index contributed by atoms with van der Waals surface area (Å²) in [4.78, 5) is 84.2. The van der Waals surface area contributed by atoms with Gasteiger partial charge < -0.3 is 54.7 Å². The lowest BCUT2D eigenvalue weighted by Crippen LogP contribution is -2.65. The molecule has 0 saturated carbocycles. The normalized spacial score (nSPS) is 18.5. The Bertz CT molecular complexity index is 2940. The second kappa shape index (κ2) is 29.2. The highest BCUT2D eigenvalue weighted by Crippen LogP contribution is 2.39. The van der Waals surface area contributed by atoms with Gasteiger partial charge in [0, 0.05) is 132 Å². The first-order chi connectivity index (χ1) is 39.4. The van der Waals surface area contributed by atoms with Gasteiger partial charge in [0.15, 0.2) is 28.9 Å². The van der Waals surface area contributed by atoms with E-state index in [4.69, 9.17) is 29.2 Å². The molecule has 3 atom stereocenters. The van der Waals surface area contributed by atoms with E-state index in [1.165, 1.54) is 58.1 Å². The van der Waals surface area contributed by atoms with E-state index in [-0.39, 0.29) is 6.61 Å². The zero-order valence-electron chi connectivity index (χ0n) is 48.3. The number of benzene rings is 4. The van der Waals surface area contributed by atoms with Crippen molar-refractivity contribution in [3.63, 3.8) is 0 Å². The van der Waals surface area contributed by atoms with E-state index in [1.807, 2.05) is 24.3 Å². The number of nitrogens with zero attached hydrogens (tertiary/aromatic N) is 4. The van der Waals surface area contributed by atoms with E-state index in [0.29, 0.717) is 35.0 Å². The summed E-state index contributed by atoms with van der Waals surface area (Å²) >= 11 is 0. The molecule has 4 aromatic carbocycles. The van der Waals surface area contributed by atoms with Crippen LogP contribution in [0, 0.1) is 34.5 Å². The first-order valence-electron chi connectivity index (χ1n) is 27.3. The molecule has 5 saturated heterocycles. The number of ketones is 2. The first-order valence-corrected chi connectivity index (χ1v) is 27.3. The third-order valence-electron chi connectivity index (χ3n) is 15.6. The van der Waals surface area contributed by atoms with Gasteiger partial charge in [0.1, 0.15) is 13.2 Å². The summed E-state index contributed by atoms with van der Waals surface area (Å²) in [7, 11) is 7.62. The second-order valence-electron chi connectivity index (χ2n) is 21.5. The molecule has 1 unspecified atom stereocenters. The van der Waals surface area contributed by atoms with Crippen LogP contribution in [0.1, 0.15) is 87.2 Å². The summed E-state index contributed by atoms with van der Waals surface area (Å²) in [5.41, 5.74) is 3.70. The molecule has 5 aliphatic rings. The van der Waals surface area contributed by atoms with Crippen LogP contribution < -0.4 is 10.6 Å². The molecule has 4 amide bonds. The van der Waals surface area contributed by atoms with Gasteiger partial charge in [-0.25, -0.2) is 0 Å². The molecule has 4 aromatic rings. The van der Waals surface area contributed by atoms with Crippen LogP contribution in [0.25, 0.3) is 0 Å². The third kappa shape index (κ3) is 15.1. The molecule has 0 bridgehead atoms. The van der Waals surface area contributed by atoms with Crippen LogP contribution in [-0.4, -0.2) is 202 Å². The van der Waals surface area contributed by atoms with Crippen LogP contribution in [0.15, 0.2) is 97.1 Å². The number of carbonyl (C=O) groups is 6. The summed E-state index contributed by atoms with van der Waals surface area (Å²) in [6.45, 7) is 12.0. The van der Waals surface area contributed by atoms with Crippen LogP contribution >= 0.6 is 0 Å². The Balaban J connectivity index is 0.000000251. The van der Waals surface area contributed by atoms with E-state index in [0.717, 1.165) is 120 Å². The number of rotatable bonds is 16. The SMILES string of the molecule is CNC(=O)[C@@](C)(C(=O)CO)N(C)C(=O)c1ccc(C#Cc2ccc(CN3CC4(COC4)C3)cc2)cc1.CNC(=O)[C@@](C)(C(=O)COC1CCCCO1)N(C)C(=O)c1ccc(C#Cc2ccc(CN3CC4(COC4)C3)cc2)cc1.CO.CO. The smallest absolute Gasteiger partial charge is 0.254 e. The van der Waals surface area contributed by atoms with Crippen molar-refractivity contribution in [2.24, 2.45) is 10.8 Å². The molecular weight excluding hydrogens is 1050 g/mol. The van der Waals surface area contributed by atoms with Crippen molar-refractivity contribution in [3.8, 4) is 23.7 Å². The molecule has 9 rings (SSSR count). The van der Waals surface area contributed by atoms with E-state index in [9.17, 15) is 33.9 Å². The quantitative estimate of drug-likeness (QED) is 0.0802. The zero-order chi connectivity index (χ0) is 59.7. The number of amides is 4. The Kier molecular flexibility index (Phi) is 22.8. The van der Waals surface area contributed by atoms with Gasteiger partial charge in [-0.15, -0.1) is 0 Å². The number of hydrogen-bond donors (Lipinski definition) is 5. The Morgan fingerprint density at radius 3 is 1.24 bits per heavy atom. The van der Waals surface area contributed by atoms with Crippen LogP contribution in [0.4, 0.5) is 0 Å². The minimum absolute atomic E-state index is 0.300. The maximum atomic E-state index is 13.4. The molecule has 5 aliphatic heterocycles. The number of likely N-dealkylation sites (tertiary alicyclic amines) is 2. The van der Waals surface area contributed by atoms with Gasteiger partial charge >= 0.3 is 0 Å². The van der Waals surface area contributed by atoms with Gasteiger partial charge in [-0.3, -0.25) is 38.6 Å². The minimum Gasteiger partial charge on any atom is -0.400 e. The summed E-state index contributed by atoms with van der Waals surface area (Å²) < 4.78 is 21.8. The van der Waals surface area contributed by atoms with E-state index in [2.05, 4.69) is 68.4 Å². The lowest BCUT2D eigenvalue weighted by Gasteiger charge is -2.55. The molecule has 19 nitrogen and oxygen atoms in total. The predicted molar refractivity (Wildman–Crippen MR) is 307 cm³/mol. The molecular formula is C63H78N6O13. The maximum absolute atomic E-state index is 13.4. The first kappa shape index (κ1) is 64.0. The zero-order valence-corrected chi connectivity index (χ0v) is 48.3. The van der Waals surface area contributed by atoms with Gasteiger partial charge in [-0.05, 0) is 117 Å². The Morgan fingerprint density at radius 2 is 0.939 bits per heavy atom. The van der Waals surface area contributed by atoms with Gasteiger partial charge in [0.05, 0.1) is 26.4 Å². The number of ether oxygens (including phenoxy) is 4. The molecule has 0 radical (unpaired) electrons. The van der Waals surface area contributed by atoms with Crippen molar-refractivity contribution in [1.82, 2.24) is 30.2 Å². The lowest BCUT2D eigenvalue weighted by molar-refractivity contribution is -0.191. The Morgan fingerprint density at radius 1 is 0.585 bits per heavy atom. The van der Waals surface area contributed by atoms with Gasteiger partial charge in [-0.2, -0.15) is 0 Å². The number of nitrogens with one attached hydrogen (secondary N) is 2. The molecule has 19 heteroatoms. The number of likely N-dealkylation sites (N-methyl/N-ethyl adjacent to an activating group) is 4. The highest BCUT2D eigenvalue weighted by molar-refractivity contribution is 6.15. The van der Waals surface area contributed by atoms with Gasteiger partial charge in [0.25, 0.3) is 23.6 Å². The maximum Gasteiger partial charge on any atom is 0.254 e. The van der Waals surface area contributed by atoms with Crippen molar-refractivity contribution in [1.29, 1.82) is 0 Å². The number of aliphatic hydroxyl groups excluding tert-OH is 3. The number of carbonyl (C=O) groups excluding carboxylic acids is 6. The van der Waals surface area contributed by atoms with E-state index < -0.39 is 59.2 Å². The largest absolute Gasteiger partial charge is 0.400 e. The van der Waals surface area contributed by atoms with Crippen molar-refractivity contribution in [3.05, 3.63) is 142 Å². The highest BCUT2D eigenvalue weighted by atomic mass is 16.7. The van der Waals surface area contributed by atoms with Crippen LogP contribution in [0.3, 0.4) is 0 Å². The number of aliphatic hydroxyl groups is 3. The van der Waals surface area contributed by atoms with E-state index in [1.54, 1.807) is 48.5 Å². The standard InChI is InChI=1S/C33H39N3O6.C28H31N3O5.2CH4O/c1-32(31(39)34-2,28(37)19-42-29-6-4-5-17-41-29)35(3)30(38)27-15-13-25(14-16-27)8-7-24-9-11-26(12-10-24)18-36-20-33(21-36)22-40-23-33;1-27(24(33)15-32,26(35)29-2)30(3)25(34)23-12-10-21(11-13-23)5-4-20-6-8-22(9-7-20)14-31-16-28(17-31)18-36-19-28;2*1-2/h9-16,29H,4-6,17-23H2,1-3H3,(H,34,39);6-13,32H,14-19H2,1-3H3,(H,29,35);2*2H,1H3/t29?,32-;27-;;/m11../s1. The van der Waals surface area contributed by atoms with Crippen molar-refractivity contribution in [2.45, 2.75) is 63.6 Å². The van der Waals surface area contributed by atoms with Gasteiger partial charge in [-0.1, -0.05) is 47.9 Å². The molecule has 82 heavy (non-hydrogen) atoms. The summed E-state index contributed by atoms with van der Waals surface area (Å²) in [6, 6.07) is 30.0. The molecule has 2 spiro atoms. The van der Waals surface area contributed by atoms with Crippen molar-refractivity contribution in [2.75, 3.05) is 115 Å². The molecule has 5 fully saturated rings. The number of Topliss-reactive ketones (excluding diaryl/α,β-unsaturated/α-hetero) is 2. The highest BCUT2D eigenvalue weighted by Gasteiger charge is 2.50. The topological polar surface area (TPSA) is 237 Å². The van der Waals surface area contributed by atoms with Gasteiger partial charge in [0.2, 0.25) is 0 Å². The average molecular weight is 1130 g/mol. The summed E-state index contributed by atoms with van der Waals surface area (Å²) in [5.74, 6) is 9.02. The van der Waals surface area contributed by atoms with Crippen LogP contribution in [-0.2, 0) is 51.2 Å². The third-order valence-corrected chi connectivity index (χ3v) is 15.6. The second-order valence-corrected chi connectivity index (χ2v) is 21.5. The van der Waals surface area contributed by atoms with Crippen molar-refractivity contribution >= 4 is 35.2 Å². The summed E-state index contributed by atoms with van der Waals surface area (Å²) in [5, 5.41) is 28.2. The lowest BCUT2D eigenvalue weighted by atomic mass is 9.78. The molecule has 5 N–H and O–H groups in total. The predicted octanol–water partition coefficient (Wildman–Crippen LogP) is 2.88. The average Bonchev–Trinajstić information content (AvgIpc) is 3.69. The molecule has 0 aliphatic carbocycles. The Hall–Kier alpha value is -7.14. The fraction of sp³-hybridized carbons (Fsp3) is 0.460. The van der Waals surface area contributed by atoms with Crippen LogP contribution in [0.5, 0.6) is 0 Å². The fourth-order valence-corrected chi connectivity index (χ4v) is 10.3. The van der Waals surface area contributed by atoms with E-state index >= 15 is 0 Å². The molecule has 5 heterocycles.